The first-order valence-corrected chi connectivity index (χ1v) is 11.0. The minimum absolute atomic E-state index is 0.00775. The number of carbonyl (C=O) groups excluding carboxylic acids is 2. The lowest BCUT2D eigenvalue weighted by Crippen LogP contribution is -2.52. The Balaban J connectivity index is 1.38. The molecule has 0 unspecified atom stereocenters. The van der Waals surface area contributed by atoms with E-state index in [2.05, 4.69) is 29.4 Å². The number of aryl methyl sites for hydroxylation is 3. The lowest BCUT2D eigenvalue weighted by atomic mass is 9.98. The second-order valence-corrected chi connectivity index (χ2v) is 8.58. The number of piperidine rings is 1. The van der Waals surface area contributed by atoms with Crippen molar-refractivity contribution in [1.29, 1.82) is 0 Å². The zero-order valence-corrected chi connectivity index (χ0v) is 18.5. The molecule has 0 atom stereocenters. The molecule has 1 fully saturated rings. The van der Waals surface area contributed by atoms with Crippen LogP contribution in [0.1, 0.15) is 42.0 Å². The number of benzene rings is 2. The first-order chi connectivity index (χ1) is 14.9. The van der Waals surface area contributed by atoms with Crippen molar-refractivity contribution in [1.82, 2.24) is 10.2 Å². The van der Waals surface area contributed by atoms with Crippen molar-refractivity contribution in [2.45, 2.75) is 45.7 Å². The molecule has 0 aliphatic carbocycles. The summed E-state index contributed by atoms with van der Waals surface area (Å²) in [6.07, 6.45) is 2.28. The number of hydrogen-bond donors (Lipinski definition) is 2. The molecule has 2 aromatic carbocycles. The van der Waals surface area contributed by atoms with Crippen LogP contribution in [0.5, 0.6) is 0 Å². The van der Waals surface area contributed by atoms with Gasteiger partial charge in [0, 0.05) is 37.2 Å². The summed E-state index contributed by atoms with van der Waals surface area (Å²) in [6.45, 7) is 7.96. The van der Waals surface area contributed by atoms with Crippen molar-refractivity contribution < 1.29 is 9.59 Å². The maximum absolute atomic E-state index is 12.6. The van der Waals surface area contributed by atoms with Crippen molar-refractivity contribution in [2.24, 2.45) is 4.99 Å². The molecule has 0 bridgehead atoms. The first-order valence-electron chi connectivity index (χ1n) is 11.0. The Bertz CT molecular complexity index is 1040. The number of anilines is 1. The summed E-state index contributed by atoms with van der Waals surface area (Å²) in [6, 6.07) is 13.9. The summed E-state index contributed by atoms with van der Waals surface area (Å²) in [5, 5.41) is 6.15. The second kappa shape index (κ2) is 8.63. The van der Waals surface area contributed by atoms with Gasteiger partial charge in [-0.15, -0.1) is 0 Å². The average Bonchev–Trinajstić information content (AvgIpc) is 3.08. The number of hydrogen-bond acceptors (Lipinski definition) is 4. The third-order valence-corrected chi connectivity index (χ3v) is 6.39. The molecule has 0 aromatic heterocycles. The molecule has 1 spiro atoms. The smallest absolute Gasteiger partial charge is 0.272 e. The first kappa shape index (κ1) is 21.2. The van der Waals surface area contributed by atoms with E-state index >= 15 is 0 Å². The Morgan fingerprint density at radius 1 is 1.13 bits per heavy atom. The van der Waals surface area contributed by atoms with E-state index in [1.165, 1.54) is 5.56 Å². The van der Waals surface area contributed by atoms with Crippen molar-refractivity contribution in [3.8, 4) is 0 Å². The second-order valence-electron chi connectivity index (χ2n) is 8.58. The Hall–Kier alpha value is -2.99. The Labute approximate surface area is 183 Å². The fourth-order valence-electron chi connectivity index (χ4n) is 4.31. The molecule has 0 radical (unpaired) electrons. The van der Waals surface area contributed by atoms with Gasteiger partial charge in [-0.2, -0.15) is 0 Å². The van der Waals surface area contributed by atoms with Crippen LogP contribution in [0.25, 0.3) is 0 Å². The van der Waals surface area contributed by atoms with Crippen LogP contribution in [0, 0.1) is 13.8 Å². The molecular weight excluding hydrogens is 388 g/mol. The highest BCUT2D eigenvalue weighted by molar-refractivity contribution is 6.46. The van der Waals surface area contributed by atoms with E-state index in [4.69, 9.17) is 4.99 Å². The van der Waals surface area contributed by atoms with Crippen molar-refractivity contribution >= 4 is 23.2 Å². The molecule has 6 heteroatoms. The topological polar surface area (TPSA) is 73.8 Å². The number of nitrogens with zero attached hydrogens (tertiary/aromatic N) is 2. The number of para-hydroxylation sites is 1. The average molecular weight is 419 g/mol. The number of amides is 2. The van der Waals surface area contributed by atoms with Crippen LogP contribution in [-0.2, 0) is 16.0 Å². The van der Waals surface area contributed by atoms with Gasteiger partial charge in [0.1, 0.15) is 11.4 Å². The molecule has 31 heavy (non-hydrogen) atoms. The largest absolute Gasteiger partial charge is 0.326 e. The molecule has 4 rings (SSSR count). The number of likely N-dealkylation sites (tertiary alicyclic amines) is 1. The van der Waals surface area contributed by atoms with Crippen molar-refractivity contribution in [3.05, 3.63) is 64.7 Å². The lowest BCUT2D eigenvalue weighted by Gasteiger charge is -2.36. The molecule has 6 nitrogen and oxygen atoms in total. The van der Waals surface area contributed by atoms with Gasteiger partial charge >= 0.3 is 0 Å². The fraction of sp³-hybridized carbons (Fsp3) is 0.400. The molecule has 2 amide bonds. The van der Waals surface area contributed by atoms with E-state index in [0.29, 0.717) is 38.2 Å². The standard InChI is InChI=1S/C25H30N4O2/c1-4-19-7-5-6-8-21(19)26-22(30)16-29-13-11-25(12-14-29)27-23(24(31)28-25)20-10-9-17(2)18(3)15-20/h5-10,15H,4,11-14,16H2,1-3H3,(H,26,30)(H,28,31). The third kappa shape index (κ3) is 4.54. The molecule has 0 saturated carbocycles. The van der Waals surface area contributed by atoms with Gasteiger partial charge in [0.2, 0.25) is 5.91 Å². The summed E-state index contributed by atoms with van der Waals surface area (Å²) in [5.74, 6) is -0.114. The highest BCUT2D eigenvalue weighted by atomic mass is 16.2. The van der Waals surface area contributed by atoms with Crippen LogP contribution in [0.4, 0.5) is 5.69 Å². The predicted molar refractivity (Wildman–Crippen MR) is 123 cm³/mol. The molecule has 2 heterocycles. The Morgan fingerprint density at radius 3 is 2.58 bits per heavy atom. The Morgan fingerprint density at radius 2 is 1.87 bits per heavy atom. The molecule has 2 aliphatic heterocycles. The summed E-state index contributed by atoms with van der Waals surface area (Å²) in [4.78, 5) is 32.2. The molecule has 2 aliphatic rings. The van der Waals surface area contributed by atoms with Crippen LogP contribution in [-0.4, -0.2) is 47.7 Å². The third-order valence-electron chi connectivity index (χ3n) is 6.39. The van der Waals surface area contributed by atoms with Gasteiger partial charge in [0.05, 0.1) is 6.54 Å². The predicted octanol–water partition coefficient (Wildman–Crippen LogP) is 3.22. The van der Waals surface area contributed by atoms with Gasteiger partial charge in [-0.25, -0.2) is 0 Å². The lowest BCUT2D eigenvalue weighted by molar-refractivity contribution is -0.119. The Kier molecular flexibility index (Phi) is 5.92. The SMILES string of the molecule is CCc1ccccc1NC(=O)CN1CCC2(CC1)N=C(c1ccc(C)c(C)c1)C(=O)N2. The van der Waals surface area contributed by atoms with Gasteiger partial charge in [0.25, 0.3) is 5.91 Å². The minimum atomic E-state index is -0.549. The van der Waals surface area contributed by atoms with Gasteiger partial charge in [0.15, 0.2) is 0 Å². The summed E-state index contributed by atoms with van der Waals surface area (Å²) < 4.78 is 0. The summed E-state index contributed by atoms with van der Waals surface area (Å²) in [5.41, 5.74) is 5.21. The summed E-state index contributed by atoms with van der Waals surface area (Å²) >= 11 is 0. The van der Waals surface area contributed by atoms with Gasteiger partial charge in [-0.3, -0.25) is 19.5 Å². The number of aliphatic imine (C=N–C) groups is 1. The van der Waals surface area contributed by atoms with Crippen LogP contribution >= 0.6 is 0 Å². The van der Waals surface area contributed by atoms with E-state index < -0.39 is 5.66 Å². The molecule has 162 valence electrons. The van der Waals surface area contributed by atoms with Crippen LogP contribution in [0.2, 0.25) is 0 Å². The van der Waals surface area contributed by atoms with Gasteiger partial charge in [-0.05, 0) is 49.1 Å². The maximum Gasteiger partial charge on any atom is 0.272 e. The molecule has 2 N–H and O–H groups in total. The minimum Gasteiger partial charge on any atom is -0.326 e. The quantitative estimate of drug-likeness (QED) is 0.783. The van der Waals surface area contributed by atoms with E-state index in [1.54, 1.807) is 0 Å². The molecular formula is C25H30N4O2. The number of rotatable bonds is 5. The van der Waals surface area contributed by atoms with E-state index in [-0.39, 0.29) is 11.8 Å². The number of carbonyl (C=O) groups is 2. The zero-order valence-electron chi connectivity index (χ0n) is 18.5. The summed E-state index contributed by atoms with van der Waals surface area (Å²) in [7, 11) is 0. The van der Waals surface area contributed by atoms with Crippen LogP contribution in [0.3, 0.4) is 0 Å². The van der Waals surface area contributed by atoms with Crippen LogP contribution < -0.4 is 10.6 Å². The highest BCUT2D eigenvalue weighted by Crippen LogP contribution is 2.29. The fourth-order valence-corrected chi connectivity index (χ4v) is 4.31. The molecule has 2 aromatic rings. The van der Waals surface area contributed by atoms with Gasteiger partial charge < -0.3 is 10.6 Å². The van der Waals surface area contributed by atoms with E-state index in [1.807, 2.05) is 49.4 Å². The van der Waals surface area contributed by atoms with E-state index in [9.17, 15) is 9.59 Å². The van der Waals surface area contributed by atoms with Crippen LogP contribution in [0.15, 0.2) is 47.5 Å². The molecule has 1 saturated heterocycles. The van der Waals surface area contributed by atoms with E-state index in [0.717, 1.165) is 28.8 Å². The van der Waals surface area contributed by atoms with Crippen molar-refractivity contribution in [3.63, 3.8) is 0 Å². The zero-order chi connectivity index (χ0) is 22.0. The highest BCUT2D eigenvalue weighted by Gasteiger charge is 2.42. The van der Waals surface area contributed by atoms with Gasteiger partial charge in [-0.1, -0.05) is 37.3 Å². The monoisotopic (exact) mass is 418 g/mol. The van der Waals surface area contributed by atoms with Crippen molar-refractivity contribution in [2.75, 3.05) is 25.0 Å². The maximum atomic E-state index is 12.6. The number of nitrogens with one attached hydrogen (secondary N) is 2. The normalized spacial score (nSPS) is 18.0.